The molecule has 0 aliphatic carbocycles. The summed E-state index contributed by atoms with van der Waals surface area (Å²) in [5.74, 6) is 0. The SMILES string of the molecule is CCCCCCCCCCc1cccc(CN2CC[N-]CC2)c1.[V]. The van der Waals surface area contributed by atoms with Crippen LogP contribution in [0.25, 0.3) is 5.32 Å². The third kappa shape index (κ3) is 9.27. The summed E-state index contributed by atoms with van der Waals surface area (Å²) in [7, 11) is 0. The number of benzene rings is 1. The van der Waals surface area contributed by atoms with Crippen LogP contribution in [0.5, 0.6) is 0 Å². The van der Waals surface area contributed by atoms with Gasteiger partial charge in [-0.25, -0.2) is 0 Å². The second-order valence-electron chi connectivity index (χ2n) is 6.99. The van der Waals surface area contributed by atoms with Crippen molar-refractivity contribution in [3.63, 3.8) is 0 Å². The molecule has 0 spiro atoms. The van der Waals surface area contributed by atoms with Gasteiger partial charge in [-0.1, -0.05) is 76.1 Å². The molecule has 135 valence electrons. The number of nitrogens with zero attached hydrogens (tertiary/aromatic N) is 2. The molecule has 1 aliphatic rings. The van der Waals surface area contributed by atoms with Crippen molar-refractivity contribution in [2.75, 3.05) is 26.2 Å². The quantitative estimate of drug-likeness (QED) is 0.469. The summed E-state index contributed by atoms with van der Waals surface area (Å²) in [4.78, 5) is 2.53. The minimum atomic E-state index is 0. The van der Waals surface area contributed by atoms with Gasteiger partial charge in [0.15, 0.2) is 0 Å². The fraction of sp³-hybridized carbons (Fsp3) is 0.714. The molecule has 0 aromatic heterocycles. The van der Waals surface area contributed by atoms with Crippen molar-refractivity contribution in [1.29, 1.82) is 0 Å². The first-order chi connectivity index (χ1) is 11.4. The van der Waals surface area contributed by atoms with Gasteiger partial charge in [-0.15, -0.1) is 13.1 Å². The van der Waals surface area contributed by atoms with Crippen molar-refractivity contribution in [3.8, 4) is 0 Å². The molecule has 0 saturated carbocycles. The van der Waals surface area contributed by atoms with Gasteiger partial charge in [0.05, 0.1) is 0 Å². The summed E-state index contributed by atoms with van der Waals surface area (Å²) in [5, 5.41) is 4.43. The summed E-state index contributed by atoms with van der Waals surface area (Å²) in [6.45, 7) is 7.66. The van der Waals surface area contributed by atoms with Crippen molar-refractivity contribution in [3.05, 3.63) is 40.7 Å². The molecule has 0 atom stereocenters. The third-order valence-corrected chi connectivity index (χ3v) is 4.87. The van der Waals surface area contributed by atoms with Crippen LogP contribution < -0.4 is 0 Å². The summed E-state index contributed by atoms with van der Waals surface area (Å²) in [6.07, 6.45) is 12.5. The Morgan fingerprint density at radius 1 is 0.875 bits per heavy atom. The molecule has 1 radical (unpaired) electrons. The predicted molar refractivity (Wildman–Crippen MR) is 101 cm³/mol. The van der Waals surface area contributed by atoms with Crippen LogP contribution in [0.15, 0.2) is 24.3 Å². The third-order valence-electron chi connectivity index (χ3n) is 4.87. The fourth-order valence-electron chi connectivity index (χ4n) is 3.41. The van der Waals surface area contributed by atoms with Crippen LogP contribution in [0.1, 0.15) is 69.4 Å². The van der Waals surface area contributed by atoms with E-state index in [0.29, 0.717) is 0 Å². The molecule has 1 aromatic carbocycles. The second-order valence-corrected chi connectivity index (χ2v) is 6.99. The standard InChI is InChI=1S/C21H35N2.V/c1-2-3-4-5-6-7-8-9-11-20-12-10-13-21(18-20)19-23-16-14-22-15-17-23;/h10,12-13,18H,2-9,11,14-17,19H2,1H3;/q-1;. The van der Waals surface area contributed by atoms with Gasteiger partial charge in [-0.2, -0.15) is 0 Å². The monoisotopic (exact) mass is 366 g/mol. The number of piperazine rings is 1. The first kappa shape index (κ1) is 21.8. The number of rotatable bonds is 11. The van der Waals surface area contributed by atoms with E-state index < -0.39 is 0 Å². The number of hydrogen-bond donors (Lipinski definition) is 0. The van der Waals surface area contributed by atoms with E-state index in [0.717, 1.165) is 32.7 Å². The summed E-state index contributed by atoms with van der Waals surface area (Å²) in [5.41, 5.74) is 3.00. The second kappa shape index (κ2) is 14.0. The maximum atomic E-state index is 4.43. The van der Waals surface area contributed by atoms with Crippen LogP contribution in [0.4, 0.5) is 0 Å². The van der Waals surface area contributed by atoms with Gasteiger partial charge in [-0.3, -0.25) is 0 Å². The number of aryl methyl sites for hydroxylation is 1. The molecule has 24 heavy (non-hydrogen) atoms. The van der Waals surface area contributed by atoms with Crippen LogP contribution in [-0.4, -0.2) is 31.1 Å². The van der Waals surface area contributed by atoms with Crippen LogP contribution >= 0.6 is 0 Å². The van der Waals surface area contributed by atoms with Gasteiger partial charge in [0.1, 0.15) is 0 Å². The number of hydrogen-bond acceptors (Lipinski definition) is 1. The zero-order valence-corrected chi connectivity index (χ0v) is 16.9. The van der Waals surface area contributed by atoms with Crippen molar-refractivity contribution in [2.24, 2.45) is 0 Å². The Labute approximate surface area is 161 Å². The smallest absolute Gasteiger partial charge is 0.0232 e. The predicted octanol–water partition coefficient (Wildman–Crippen LogP) is 5.56. The van der Waals surface area contributed by atoms with E-state index >= 15 is 0 Å². The van der Waals surface area contributed by atoms with Crippen LogP contribution in [0, 0.1) is 0 Å². The molecule has 0 bridgehead atoms. The zero-order valence-electron chi connectivity index (χ0n) is 15.6. The van der Waals surface area contributed by atoms with Gasteiger partial charge >= 0.3 is 0 Å². The minimum absolute atomic E-state index is 0. The van der Waals surface area contributed by atoms with E-state index in [1.807, 2.05) is 0 Å². The average molecular weight is 366 g/mol. The van der Waals surface area contributed by atoms with Crippen LogP contribution in [0.2, 0.25) is 0 Å². The largest absolute Gasteiger partial charge is 0.660 e. The van der Waals surface area contributed by atoms with Gasteiger partial charge in [0, 0.05) is 25.1 Å². The van der Waals surface area contributed by atoms with Crippen molar-refractivity contribution in [1.82, 2.24) is 4.90 Å². The van der Waals surface area contributed by atoms with Gasteiger partial charge in [0.2, 0.25) is 0 Å². The summed E-state index contributed by atoms with van der Waals surface area (Å²) >= 11 is 0. The topological polar surface area (TPSA) is 17.3 Å². The van der Waals surface area contributed by atoms with Crippen molar-refractivity contribution < 1.29 is 18.6 Å². The number of unbranched alkanes of at least 4 members (excludes halogenated alkanes) is 7. The van der Waals surface area contributed by atoms with Gasteiger partial charge in [0.25, 0.3) is 0 Å². The molecule has 0 amide bonds. The molecule has 3 heteroatoms. The molecule has 1 heterocycles. The maximum absolute atomic E-state index is 4.43. The molecule has 2 nitrogen and oxygen atoms in total. The molecule has 0 unspecified atom stereocenters. The zero-order chi connectivity index (χ0) is 16.2. The Balaban J connectivity index is 0.00000288. The molecule has 1 fully saturated rings. The maximum Gasteiger partial charge on any atom is 0.0232 e. The molecule has 1 aromatic rings. The summed E-state index contributed by atoms with van der Waals surface area (Å²) < 4.78 is 0. The Bertz CT molecular complexity index is 416. The Hall–Kier alpha value is -0.276. The Morgan fingerprint density at radius 3 is 2.21 bits per heavy atom. The van der Waals surface area contributed by atoms with Gasteiger partial charge in [-0.05, 0) is 37.1 Å². The van der Waals surface area contributed by atoms with E-state index in [9.17, 15) is 0 Å². The normalized spacial score (nSPS) is 15.2. The first-order valence-electron chi connectivity index (χ1n) is 9.82. The molecular formula is C21H35N2V-. The van der Waals surface area contributed by atoms with Crippen molar-refractivity contribution in [2.45, 2.75) is 71.3 Å². The van der Waals surface area contributed by atoms with E-state index in [4.69, 9.17) is 0 Å². The van der Waals surface area contributed by atoms with Crippen molar-refractivity contribution >= 4 is 0 Å². The van der Waals surface area contributed by atoms with Crippen LogP contribution in [0.3, 0.4) is 0 Å². The van der Waals surface area contributed by atoms with E-state index in [2.05, 4.69) is 41.4 Å². The van der Waals surface area contributed by atoms with E-state index in [-0.39, 0.29) is 18.6 Å². The summed E-state index contributed by atoms with van der Waals surface area (Å²) in [6, 6.07) is 9.25. The molecular weight excluding hydrogens is 331 g/mol. The minimum Gasteiger partial charge on any atom is -0.660 e. The van der Waals surface area contributed by atoms with E-state index in [1.54, 1.807) is 0 Å². The average Bonchev–Trinajstić information content (AvgIpc) is 2.58. The van der Waals surface area contributed by atoms with E-state index in [1.165, 1.54) is 68.9 Å². The first-order valence-corrected chi connectivity index (χ1v) is 9.82. The molecule has 2 rings (SSSR count). The Kier molecular flexibility index (Phi) is 12.7. The molecule has 1 aliphatic heterocycles. The fourth-order valence-corrected chi connectivity index (χ4v) is 3.41. The molecule has 1 saturated heterocycles. The molecule has 0 N–H and O–H groups in total. The van der Waals surface area contributed by atoms with Gasteiger partial charge < -0.3 is 10.2 Å². The van der Waals surface area contributed by atoms with Crippen LogP contribution in [-0.2, 0) is 31.5 Å². The Morgan fingerprint density at radius 2 is 1.50 bits per heavy atom.